The van der Waals surface area contributed by atoms with Gasteiger partial charge in [0.2, 0.25) is 0 Å². The van der Waals surface area contributed by atoms with Gasteiger partial charge >= 0.3 is 0 Å². The van der Waals surface area contributed by atoms with E-state index >= 15 is 0 Å². The fourth-order valence-corrected chi connectivity index (χ4v) is 1.76. The molecule has 0 amide bonds. The van der Waals surface area contributed by atoms with Crippen molar-refractivity contribution in [1.29, 1.82) is 0 Å². The molecule has 0 bridgehead atoms. The standard InChI is InChI=1S/C13H21NO2/c1-5-14-8-12-6-10(2)13(11(3)7-12)16-9-15-4/h6-7,14H,5,8-9H2,1-4H3. The largest absolute Gasteiger partial charge is 0.467 e. The maximum absolute atomic E-state index is 5.53. The second-order valence-corrected chi connectivity index (χ2v) is 3.89. The number of hydrogen-bond donors (Lipinski definition) is 1. The van der Waals surface area contributed by atoms with Gasteiger partial charge in [-0.05, 0) is 37.1 Å². The Morgan fingerprint density at radius 2 is 1.81 bits per heavy atom. The topological polar surface area (TPSA) is 30.5 Å². The second kappa shape index (κ2) is 6.51. The Morgan fingerprint density at radius 3 is 2.31 bits per heavy atom. The third-order valence-corrected chi connectivity index (χ3v) is 2.42. The lowest BCUT2D eigenvalue weighted by atomic mass is 10.1. The molecular formula is C13H21NO2. The fraction of sp³-hybridized carbons (Fsp3) is 0.538. The van der Waals surface area contributed by atoms with Gasteiger partial charge in [0.25, 0.3) is 0 Å². The zero-order chi connectivity index (χ0) is 12.0. The molecule has 0 spiro atoms. The highest BCUT2D eigenvalue weighted by Crippen LogP contribution is 2.24. The van der Waals surface area contributed by atoms with Crippen LogP contribution in [0.3, 0.4) is 0 Å². The third kappa shape index (κ3) is 3.51. The van der Waals surface area contributed by atoms with Gasteiger partial charge in [0.15, 0.2) is 6.79 Å². The molecule has 0 radical (unpaired) electrons. The molecule has 0 fully saturated rings. The van der Waals surface area contributed by atoms with Gasteiger partial charge in [0, 0.05) is 13.7 Å². The van der Waals surface area contributed by atoms with E-state index in [2.05, 4.69) is 38.2 Å². The molecule has 0 aliphatic heterocycles. The van der Waals surface area contributed by atoms with Crippen molar-refractivity contribution in [3.05, 3.63) is 28.8 Å². The molecule has 0 aliphatic carbocycles. The monoisotopic (exact) mass is 223 g/mol. The zero-order valence-corrected chi connectivity index (χ0v) is 10.6. The van der Waals surface area contributed by atoms with Crippen molar-refractivity contribution in [2.24, 2.45) is 0 Å². The second-order valence-electron chi connectivity index (χ2n) is 3.89. The van der Waals surface area contributed by atoms with Crippen LogP contribution in [0.25, 0.3) is 0 Å². The van der Waals surface area contributed by atoms with E-state index in [0.29, 0.717) is 6.79 Å². The molecular weight excluding hydrogens is 202 g/mol. The van der Waals surface area contributed by atoms with Crippen molar-refractivity contribution in [1.82, 2.24) is 5.32 Å². The number of benzene rings is 1. The van der Waals surface area contributed by atoms with Gasteiger partial charge in [0.1, 0.15) is 5.75 Å². The highest BCUT2D eigenvalue weighted by Gasteiger charge is 2.06. The zero-order valence-electron chi connectivity index (χ0n) is 10.6. The summed E-state index contributed by atoms with van der Waals surface area (Å²) in [7, 11) is 1.63. The molecule has 0 unspecified atom stereocenters. The Bertz CT molecular complexity index is 314. The first kappa shape index (κ1) is 13.0. The molecule has 0 aromatic heterocycles. The number of nitrogens with one attached hydrogen (secondary N) is 1. The van der Waals surface area contributed by atoms with Crippen molar-refractivity contribution >= 4 is 0 Å². The SMILES string of the molecule is CCNCc1cc(C)c(OCOC)c(C)c1. The smallest absolute Gasteiger partial charge is 0.188 e. The van der Waals surface area contributed by atoms with Crippen LogP contribution in [0.5, 0.6) is 5.75 Å². The maximum Gasteiger partial charge on any atom is 0.188 e. The summed E-state index contributed by atoms with van der Waals surface area (Å²) in [6.07, 6.45) is 0. The highest BCUT2D eigenvalue weighted by atomic mass is 16.7. The lowest BCUT2D eigenvalue weighted by Crippen LogP contribution is -2.12. The average molecular weight is 223 g/mol. The van der Waals surface area contributed by atoms with Gasteiger partial charge < -0.3 is 14.8 Å². The molecule has 1 aromatic carbocycles. The van der Waals surface area contributed by atoms with Crippen LogP contribution >= 0.6 is 0 Å². The number of hydrogen-bond acceptors (Lipinski definition) is 3. The quantitative estimate of drug-likeness (QED) is 0.751. The lowest BCUT2D eigenvalue weighted by Gasteiger charge is -2.13. The molecule has 1 N–H and O–H groups in total. The Labute approximate surface area is 97.8 Å². The van der Waals surface area contributed by atoms with Gasteiger partial charge in [-0.1, -0.05) is 19.1 Å². The first-order valence-corrected chi connectivity index (χ1v) is 5.61. The van der Waals surface area contributed by atoms with E-state index in [0.717, 1.165) is 30.0 Å². The molecule has 3 heteroatoms. The van der Waals surface area contributed by atoms with Crippen LogP contribution < -0.4 is 10.1 Å². The number of aryl methyl sites for hydroxylation is 2. The summed E-state index contributed by atoms with van der Waals surface area (Å²) in [5, 5.41) is 3.32. The van der Waals surface area contributed by atoms with Gasteiger partial charge in [0.05, 0.1) is 0 Å². The minimum atomic E-state index is 0.300. The summed E-state index contributed by atoms with van der Waals surface area (Å²) in [6.45, 7) is 8.42. The van der Waals surface area contributed by atoms with Crippen LogP contribution in [0.1, 0.15) is 23.6 Å². The number of methoxy groups -OCH3 is 1. The normalized spacial score (nSPS) is 10.5. The summed E-state index contributed by atoms with van der Waals surface area (Å²) < 4.78 is 10.4. The van der Waals surface area contributed by atoms with Crippen molar-refractivity contribution in [2.75, 3.05) is 20.4 Å². The van der Waals surface area contributed by atoms with Crippen molar-refractivity contribution in [2.45, 2.75) is 27.3 Å². The maximum atomic E-state index is 5.53. The molecule has 0 saturated heterocycles. The summed E-state index contributed by atoms with van der Waals surface area (Å²) in [6, 6.07) is 4.31. The first-order valence-electron chi connectivity index (χ1n) is 5.61. The van der Waals surface area contributed by atoms with E-state index in [1.54, 1.807) is 7.11 Å². The minimum Gasteiger partial charge on any atom is -0.467 e. The van der Waals surface area contributed by atoms with E-state index in [9.17, 15) is 0 Å². The van der Waals surface area contributed by atoms with Crippen molar-refractivity contribution in [3.63, 3.8) is 0 Å². The van der Waals surface area contributed by atoms with Gasteiger partial charge in [-0.15, -0.1) is 0 Å². The predicted octanol–water partition coefficient (Wildman–Crippen LogP) is 2.40. The summed E-state index contributed by atoms with van der Waals surface area (Å²) in [5.74, 6) is 0.932. The third-order valence-electron chi connectivity index (χ3n) is 2.42. The van der Waals surface area contributed by atoms with Crippen LogP contribution in [0.15, 0.2) is 12.1 Å². The highest BCUT2D eigenvalue weighted by molar-refractivity contribution is 5.43. The molecule has 16 heavy (non-hydrogen) atoms. The molecule has 0 aliphatic rings. The summed E-state index contributed by atoms with van der Waals surface area (Å²) in [4.78, 5) is 0. The Kier molecular flexibility index (Phi) is 5.29. The van der Waals surface area contributed by atoms with E-state index in [1.165, 1.54) is 5.56 Å². The van der Waals surface area contributed by atoms with E-state index < -0.39 is 0 Å². The number of ether oxygens (including phenoxy) is 2. The first-order chi connectivity index (χ1) is 7.69. The van der Waals surface area contributed by atoms with E-state index in [-0.39, 0.29) is 0 Å². The molecule has 1 aromatic rings. The van der Waals surface area contributed by atoms with Crippen LogP contribution in [0, 0.1) is 13.8 Å². The Morgan fingerprint density at radius 1 is 1.19 bits per heavy atom. The van der Waals surface area contributed by atoms with E-state index in [4.69, 9.17) is 9.47 Å². The van der Waals surface area contributed by atoms with Crippen LogP contribution in [-0.4, -0.2) is 20.4 Å². The van der Waals surface area contributed by atoms with Crippen LogP contribution in [0.2, 0.25) is 0 Å². The number of rotatable bonds is 6. The lowest BCUT2D eigenvalue weighted by molar-refractivity contribution is 0.0501. The van der Waals surface area contributed by atoms with Crippen molar-refractivity contribution < 1.29 is 9.47 Å². The Balaban J connectivity index is 2.80. The fourth-order valence-electron chi connectivity index (χ4n) is 1.76. The van der Waals surface area contributed by atoms with Crippen LogP contribution in [-0.2, 0) is 11.3 Å². The van der Waals surface area contributed by atoms with Crippen LogP contribution in [0.4, 0.5) is 0 Å². The van der Waals surface area contributed by atoms with Gasteiger partial charge in [-0.3, -0.25) is 0 Å². The molecule has 0 atom stereocenters. The van der Waals surface area contributed by atoms with E-state index in [1.807, 2.05) is 0 Å². The molecule has 0 heterocycles. The van der Waals surface area contributed by atoms with Gasteiger partial charge in [-0.2, -0.15) is 0 Å². The minimum absolute atomic E-state index is 0.300. The summed E-state index contributed by atoms with van der Waals surface area (Å²) >= 11 is 0. The molecule has 90 valence electrons. The molecule has 1 rings (SSSR count). The predicted molar refractivity (Wildman–Crippen MR) is 65.8 cm³/mol. The van der Waals surface area contributed by atoms with Gasteiger partial charge in [-0.25, -0.2) is 0 Å². The summed E-state index contributed by atoms with van der Waals surface area (Å²) in [5.41, 5.74) is 3.61. The molecule has 0 saturated carbocycles. The average Bonchev–Trinajstić information content (AvgIpc) is 2.25. The molecule has 3 nitrogen and oxygen atoms in total. The Hall–Kier alpha value is -1.06. The van der Waals surface area contributed by atoms with Crippen molar-refractivity contribution in [3.8, 4) is 5.75 Å².